The number of thiophene rings is 1. The summed E-state index contributed by atoms with van der Waals surface area (Å²) in [5, 5.41) is 13.1. The summed E-state index contributed by atoms with van der Waals surface area (Å²) in [6.45, 7) is 7.51. The summed E-state index contributed by atoms with van der Waals surface area (Å²) in [7, 11) is 0. The van der Waals surface area contributed by atoms with Crippen LogP contribution in [0.1, 0.15) is 47.5 Å². The monoisotopic (exact) mass is 349 g/mol. The lowest BCUT2D eigenvalue weighted by molar-refractivity contribution is -0.313. The minimum atomic E-state index is -1.24. The lowest BCUT2D eigenvalue weighted by atomic mass is 9.76. The van der Waals surface area contributed by atoms with E-state index in [0.717, 1.165) is 21.6 Å². The number of amides is 2. The van der Waals surface area contributed by atoms with Crippen LogP contribution in [-0.2, 0) is 9.59 Å². The Morgan fingerprint density at radius 3 is 2.12 bits per heavy atom. The molecule has 130 valence electrons. The second kappa shape index (κ2) is 7.17. The van der Waals surface area contributed by atoms with Crippen molar-refractivity contribution in [2.24, 2.45) is 11.8 Å². The van der Waals surface area contributed by atoms with E-state index < -0.39 is 29.6 Å². The number of rotatable bonds is 3. The molecule has 1 aromatic rings. The maximum atomic E-state index is 12.4. The van der Waals surface area contributed by atoms with E-state index in [2.05, 4.69) is 10.9 Å². The van der Waals surface area contributed by atoms with Crippen molar-refractivity contribution < 1.29 is 19.5 Å². The van der Waals surface area contributed by atoms with Crippen molar-refractivity contribution in [1.82, 2.24) is 10.9 Å². The van der Waals surface area contributed by atoms with E-state index in [4.69, 9.17) is 0 Å². The van der Waals surface area contributed by atoms with Crippen LogP contribution in [0.5, 0.6) is 0 Å². The predicted molar refractivity (Wildman–Crippen MR) is 89.0 cm³/mol. The second-order valence-electron chi connectivity index (χ2n) is 6.27. The van der Waals surface area contributed by atoms with Gasteiger partial charge in [0, 0.05) is 22.1 Å². The molecule has 0 spiro atoms. The predicted octanol–water partition coefficient (Wildman–Crippen LogP) is 1.24. The highest BCUT2D eigenvalue weighted by Gasteiger charge is 2.33. The maximum absolute atomic E-state index is 12.4. The first kappa shape index (κ1) is 18.2. The number of carboxylic acids is 1. The van der Waals surface area contributed by atoms with E-state index in [9.17, 15) is 19.5 Å². The second-order valence-corrected chi connectivity index (χ2v) is 7.36. The first-order valence-corrected chi connectivity index (χ1v) is 8.61. The van der Waals surface area contributed by atoms with Gasteiger partial charge in [0.05, 0.1) is 11.5 Å². The molecule has 0 bridgehead atoms. The van der Waals surface area contributed by atoms with Gasteiger partial charge in [-0.2, -0.15) is 0 Å². The Morgan fingerprint density at radius 1 is 1.04 bits per heavy atom. The average molecular weight is 349 g/mol. The molecule has 0 unspecified atom stereocenters. The quantitative estimate of drug-likeness (QED) is 0.633. The number of hydrazine groups is 1. The highest BCUT2D eigenvalue weighted by molar-refractivity contribution is 7.10. The molecule has 1 aliphatic carbocycles. The highest BCUT2D eigenvalue weighted by Crippen LogP contribution is 2.33. The zero-order valence-corrected chi connectivity index (χ0v) is 15.0. The van der Waals surface area contributed by atoms with Crippen LogP contribution in [-0.4, -0.2) is 17.8 Å². The summed E-state index contributed by atoms with van der Waals surface area (Å²) in [4.78, 5) is 36.9. The number of nitrogens with one attached hydrogen (secondary N) is 2. The van der Waals surface area contributed by atoms with Crippen LogP contribution in [0.15, 0.2) is 16.5 Å². The number of carbonyl (C=O) groups is 3. The third-order valence-electron chi connectivity index (χ3n) is 4.74. The zero-order chi connectivity index (χ0) is 18.0. The van der Waals surface area contributed by atoms with Crippen molar-refractivity contribution in [2.75, 3.05) is 0 Å². The van der Waals surface area contributed by atoms with E-state index in [1.54, 1.807) is 5.38 Å². The number of aryl methyl sites for hydroxylation is 1. The maximum Gasteiger partial charge on any atom is 0.270 e. The Balaban J connectivity index is 2.04. The highest BCUT2D eigenvalue weighted by atomic mass is 32.1. The van der Waals surface area contributed by atoms with Crippen LogP contribution in [0.4, 0.5) is 0 Å². The lowest BCUT2D eigenvalue weighted by Gasteiger charge is -2.32. The van der Waals surface area contributed by atoms with E-state index in [0.29, 0.717) is 18.4 Å². The van der Waals surface area contributed by atoms with Gasteiger partial charge in [-0.25, -0.2) is 0 Å². The van der Waals surface area contributed by atoms with Gasteiger partial charge in [0.1, 0.15) is 0 Å². The Kier molecular flexibility index (Phi) is 5.43. The van der Waals surface area contributed by atoms with Crippen molar-refractivity contribution in [3.05, 3.63) is 32.5 Å². The molecule has 7 heteroatoms. The Morgan fingerprint density at radius 2 is 1.62 bits per heavy atom. The van der Waals surface area contributed by atoms with Crippen molar-refractivity contribution in [3.8, 4) is 0 Å². The Hall–Kier alpha value is -2.15. The van der Waals surface area contributed by atoms with E-state index in [1.165, 1.54) is 11.3 Å². The van der Waals surface area contributed by atoms with Crippen LogP contribution in [0, 0.1) is 25.7 Å². The van der Waals surface area contributed by atoms with Crippen molar-refractivity contribution in [2.45, 2.75) is 40.5 Å². The molecular weight excluding hydrogens is 328 g/mol. The van der Waals surface area contributed by atoms with Gasteiger partial charge in [0.2, 0.25) is 5.91 Å². The van der Waals surface area contributed by atoms with Crippen LogP contribution in [0.2, 0.25) is 0 Å². The van der Waals surface area contributed by atoms with E-state index >= 15 is 0 Å². The number of aliphatic carboxylic acids is 1. The number of hydrogen-bond donors (Lipinski definition) is 2. The van der Waals surface area contributed by atoms with Crippen LogP contribution >= 0.6 is 11.3 Å². The fourth-order valence-corrected chi connectivity index (χ4v) is 3.70. The van der Waals surface area contributed by atoms with Crippen LogP contribution < -0.4 is 16.0 Å². The molecule has 2 N–H and O–H groups in total. The van der Waals surface area contributed by atoms with Crippen molar-refractivity contribution in [1.29, 1.82) is 0 Å². The SMILES string of the molecule is CC1=C(C)C[C@@H](C(=O)[O-])[C@@H](C(=O)NNC(=O)c2csc(C)c2C)C1. The fraction of sp³-hybridized carbons (Fsp3) is 0.471. The van der Waals surface area contributed by atoms with E-state index in [1.807, 2.05) is 27.7 Å². The first-order chi connectivity index (χ1) is 11.2. The summed E-state index contributed by atoms with van der Waals surface area (Å²) < 4.78 is 0. The molecule has 0 aliphatic heterocycles. The van der Waals surface area contributed by atoms with Crippen molar-refractivity contribution >= 4 is 29.1 Å². The van der Waals surface area contributed by atoms with Gasteiger partial charge in [0.15, 0.2) is 0 Å². The molecule has 2 rings (SSSR count). The lowest BCUT2D eigenvalue weighted by Crippen LogP contribution is -2.50. The Bertz CT molecular complexity index is 720. The fourth-order valence-electron chi connectivity index (χ4n) is 2.83. The third kappa shape index (κ3) is 3.67. The van der Waals surface area contributed by atoms with Crippen LogP contribution in [0.3, 0.4) is 0 Å². The topological polar surface area (TPSA) is 98.3 Å². The van der Waals surface area contributed by atoms with Gasteiger partial charge in [-0.05, 0) is 46.1 Å². The normalized spacial score (nSPS) is 20.7. The molecule has 1 heterocycles. The van der Waals surface area contributed by atoms with E-state index in [-0.39, 0.29) is 0 Å². The molecule has 0 radical (unpaired) electrons. The third-order valence-corrected chi connectivity index (χ3v) is 5.75. The molecule has 1 aromatic heterocycles. The summed E-state index contributed by atoms with van der Waals surface area (Å²) >= 11 is 1.46. The number of carboxylic acid groups (broad SMARTS) is 1. The Labute approximate surface area is 144 Å². The van der Waals surface area contributed by atoms with Crippen molar-refractivity contribution in [3.63, 3.8) is 0 Å². The van der Waals surface area contributed by atoms with Gasteiger partial charge in [0.25, 0.3) is 5.91 Å². The standard InChI is InChI=1S/C17H22N2O4S/c1-8-5-12(13(17(22)23)6-9(8)2)15(20)18-19-16(21)14-7-24-11(4)10(14)3/h7,12-13H,5-6H2,1-4H3,(H,18,20)(H,19,21)(H,22,23)/p-1/t12-,13+/m0/s1. The van der Waals surface area contributed by atoms with Gasteiger partial charge in [-0.3, -0.25) is 20.4 Å². The average Bonchev–Trinajstić information content (AvgIpc) is 2.86. The number of carbonyl (C=O) groups excluding carboxylic acids is 3. The largest absolute Gasteiger partial charge is 0.550 e. The zero-order valence-electron chi connectivity index (χ0n) is 14.2. The molecule has 1 aliphatic rings. The van der Waals surface area contributed by atoms with Gasteiger partial charge in [-0.1, -0.05) is 11.1 Å². The van der Waals surface area contributed by atoms with Gasteiger partial charge >= 0.3 is 0 Å². The molecule has 6 nitrogen and oxygen atoms in total. The van der Waals surface area contributed by atoms with Gasteiger partial charge < -0.3 is 9.90 Å². The molecule has 24 heavy (non-hydrogen) atoms. The minimum Gasteiger partial charge on any atom is -0.550 e. The molecule has 2 amide bonds. The van der Waals surface area contributed by atoms with Gasteiger partial charge in [-0.15, -0.1) is 11.3 Å². The molecular formula is C17H21N2O4S-. The number of hydrogen-bond acceptors (Lipinski definition) is 5. The van der Waals surface area contributed by atoms with Crippen LogP contribution in [0.25, 0.3) is 0 Å². The molecule has 2 atom stereocenters. The molecule has 0 fully saturated rings. The summed E-state index contributed by atoms with van der Waals surface area (Å²) in [6.07, 6.45) is 0.645. The minimum absolute atomic E-state index is 0.295. The first-order valence-electron chi connectivity index (χ1n) is 7.73. The summed E-state index contributed by atoms with van der Waals surface area (Å²) in [5.41, 5.74) is 8.08. The molecule has 0 saturated heterocycles. The smallest absolute Gasteiger partial charge is 0.270 e. The molecule has 0 aromatic carbocycles. The summed E-state index contributed by atoms with van der Waals surface area (Å²) in [5.74, 6) is -3.78. The summed E-state index contributed by atoms with van der Waals surface area (Å²) in [6, 6.07) is 0. The molecule has 0 saturated carbocycles. The number of allylic oxidation sites excluding steroid dienone is 2.